The highest BCUT2D eigenvalue weighted by Gasteiger charge is 2.24. The number of carbonyl (C=O) groups is 1. The normalized spacial score (nSPS) is 15.5. The van der Waals surface area contributed by atoms with E-state index in [0.717, 1.165) is 41.6 Å². The van der Waals surface area contributed by atoms with Crippen molar-refractivity contribution in [2.75, 3.05) is 19.6 Å². The summed E-state index contributed by atoms with van der Waals surface area (Å²) in [6.45, 7) is 6.94. The Balaban J connectivity index is 1.29. The zero-order chi connectivity index (χ0) is 21.6. The van der Waals surface area contributed by atoms with Crippen LogP contribution in [0.2, 0.25) is 0 Å². The third kappa shape index (κ3) is 5.32. The molecule has 8 heteroatoms. The van der Waals surface area contributed by atoms with Gasteiger partial charge in [0.25, 0.3) is 0 Å². The molecule has 2 N–H and O–H groups in total. The molecule has 3 aromatic rings. The van der Waals surface area contributed by atoms with Crippen LogP contribution in [0.4, 0.5) is 4.79 Å². The average molecular weight is 423 g/mol. The van der Waals surface area contributed by atoms with Crippen LogP contribution in [-0.2, 0) is 6.54 Å². The summed E-state index contributed by atoms with van der Waals surface area (Å²) in [6.07, 6.45) is 7.09. The standard InChI is InChI=1S/C23H30N6O2/c1-17-13-18(2)29(27-17)22-9-8-19(14-24-22)15-25-23(30)26-16-20(21-7-6-12-31-21)28-10-4-3-5-11-28/h6-9,12-14,20H,3-5,10-11,15-16H2,1-2H3,(H2,25,26,30). The van der Waals surface area contributed by atoms with Gasteiger partial charge in [-0.05, 0) is 69.6 Å². The molecule has 4 rings (SSSR count). The predicted octanol–water partition coefficient (Wildman–Crippen LogP) is 3.50. The molecule has 0 bridgehead atoms. The molecule has 4 heterocycles. The molecule has 0 saturated carbocycles. The zero-order valence-electron chi connectivity index (χ0n) is 18.2. The summed E-state index contributed by atoms with van der Waals surface area (Å²) in [5.74, 6) is 1.66. The van der Waals surface area contributed by atoms with E-state index in [4.69, 9.17) is 4.42 Å². The van der Waals surface area contributed by atoms with Gasteiger partial charge >= 0.3 is 6.03 Å². The van der Waals surface area contributed by atoms with Gasteiger partial charge < -0.3 is 15.1 Å². The van der Waals surface area contributed by atoms with Crippen LogP contribution in [0.5, 0.6) is 0 Å². The fourth-order valence-electron chi connectivity index (χ4n) is 4.06. The Bertz CT molecular complexity index is 974. The summed E-state index contributed by atoms with van der Waals surface area (Å²) >= 11 is 0. The molecule has 1 aliphatic rings. The Morgan fingerprint density at radius 1 is 1.16 bits per heavy atom. The van der Waals surface area contributed by atoms with Crippen molar-refractivity contribution < 1.29 is 9.21 Å². The molecule has 2 amide bonds. The highest BCUT2D eigenvalue weighted by Crippen LogP contribution is 2.24. The van der Waals surface area contributed by atoms with Crippen molar-refractivity contribution >= 4 is 6.03 Å². The average Bonchev–Trinajstić information content (AvgIpc) is 3.43. The number of aryl methyl sites for hydroxylation is 2. The van der Waals surface area contributed by atoms with Gasteiger partial charge in [0.05, 0.1) is 18.0 Å². The molecule has 0 aliphatic carbocycles. The van der Waals surface area contributed by atoms with Crippen LogP contribution < -0.4 is 10.6 Å². The number of nitrogens with zero attached hydrogens (tertiary/aromatic N) is 4. The monoisotopic (exact) mass is 422 g/mol. The van der Waals surface area contributed by atoms with Crippen molar-refractivity contribution in [3.63, 3.8) is 0 Å². The Hall–Kier alpha value is -3.13. The van der Waals surface area contributed by atoms with E-state index < -0.39 is 0 Å². The van der Waals surface area contributed by atoms with Gasteiger partial charge in [0.2, 0.25) is 0 Å². The highest BCUT2D eigenvalue weighted by molar-refractivity contribution is 5.73. The van der Waals surface area contributed by atoms with Gasteiger partial charge in [-0.25, -0.2) is 14.5 Å². The van der Waals surface area contributed by atoms with E-state index in [1.807, 2.05) is 48.9 Å². The van der Waals surface area contributed by atoms with Gasteiger partial charge in [0.15, 0.2) is 5.82 Å². The number of likely N-dealkylation sites (tertiary alicyclic amines) is 1. The minimum Gasteiger partial charge on any atom is -0.468 e. The quantitative estimate of drug-likeness (QED) is 0.608. The largest absolute Gasteiger partial charge is 0.468 e. The van der Waals surface area contributed by atoms with Crippen molar-refractivity contribution in [1.29, 1.82) is 0 Å². The molecule has 8 nitrogen and oxygen atoms in total. The Morgan fingerprint density at radius 2 is 2.00 bits per heavy atom. The molecular formula is C23H30N6O2. The second-order valence-corrected chi connectivity index (χ2v) is 8.05. The van der Waals surface area contributed by atoms with Gasteiger partial charge in [-0.2, -0.15) is 5.10 Å². The summed E-state index contributed by atoms with van der Waals surface area (Å²) in [6, 6.07) is 9.63. The Morgan fingerprint density at radius 3 is 2.65 bits per heavy atom. The molecule has 0 aromatic carbocycles. The molecule has 1 atom stereocenters. The molecule has 1 fully saturated rings. The van der Waals surface area contributed by atoms with E-state index in [2.05, 4.69) is 25.6 Å². The van der Waals surface area contributed by atoms with E-state index in [1.165, 1.54) is 19.3 Å². The first-order valence-corrected chi connectivity index (χ1v) is 10.9. The fraction of sp³-hybridized carbons (Fsp3) is 0.435. The van der Waals surface area contributed by atoms with Crippen LogP contribution in [0.15, 0.2) is 47.2 Å². The fourth-order valence-corrected chi connectivity index (χ4v) is 4.06. The van der Waals surface area contributed by atoms with Crippen molar-refractivity contribution in [3.8, 4) is 5.82 Å². The smallest absolute Gasteiger partial charge is 0.315 e. The molecule has 1 aliphatic heterocycles. The second-order valence-electron chi connectivity index (χ2n) is 8.05. The SMILES string of the molecule is Cc1cc(C)n(-c2ccc(CNC(=O)NCC(c3ccco3)N3CCCCC3)cn2)n1. The number of aromatic nitrogens is 3. The first kappa shape index (κ1) is 21.1. The van der Waals surface area contributed by atoms with Crippen LogP contribution in [0.3, 0.4) is 0 Å². The van der Waals surface area contributed by atoms with Gasteiger partial charge in [0.1, 0.15) is 5.76 Å². The molecule has 1 unspecified atom stereocenters. The summed E-state index contributed by atoms with van der Waals surface area (Å²) in [4.78, 5) is 19.3. The number of rotatable bonds is 7. The molecule has 0 radical (unpaired) electrons. The zero-order valence-corrected chi connectivity index (χ0v) is 18.2. The highest BCUT2D eigenvalue weighted by atomic mass is 16.3. The molecule has 164 valence electrons. The lowest BCUT2D eigenvalue weighted by Gasteiger charge is -2.33. The van der Waals surface area contributed by atoms with Gasteiger partial charge in [0, 0.05) is 25.0 Å². The first-order valence-electron chi connectivity index (χ1n) is 10.9. The molecule has 1 saturated heterocycles. The number of nitrogens with one attached hydrogen (secondary N) is 2. The summed E-state index contributed by atoms with van der Waals surface area (Å²) in [7, 11) is 0. The predicted molar refractivity (Wildman–Crippen MR) is 118 cm³/mol. The number of carbonyl (C=O) groups excluding carboxylic acids is 1. The van der Waals surface area contributed by atoms with Crippen LogP contribution in [0, 0.1) is 13.8 Å². The number of furan rings is 1. The minimum absolute atomic E-state index is 0.0581. The van der Waals surface area contributed by atoms with Crippen LogP contribution in [0.25, 0.3) is 5.82 Å². The van der Waals surface area contributed by atoms with Crippen molar-refractivity contribution in [1.82, 2.24) is 30.3 Å². The van der Waals surface area contributed by atoms with Crippen molar-refractivity contribution in [2.45, 2.75) is 45.7 Å². The van der Waals surface area contributed by atoms with E-state index in [0.29, 0.717) is 13.1 Å². The van der Waals surface area contributed by atoms with Crippen LogP contribution in [-0.4, -0.2) is 45.3 Å². The third-order valence-corrected chi connectivity index (χ3v) is 5.65. The Kier molecular flexibility index (Phi) is 6.66. The number of pyridine rings is 1. The maximum Gasteiger partial charge on any atom is 0.315 e. The van der Waals surface area contributed by atoms with E-state index in [1.54, 1.807) is 12.5 Å². The summed E-state index contributed by atoms with van der Waals surface area (Å²) in [5.41, 5.74) is 2.92. The molecule has 31 heavy (non-hydrogen) atoms. The lowest BCUT2D eigenvalue weighted by molar-refractivity contribution is 0.143. The lowest BCUT2D eigenvalue weighted by atomic mass is 10.1. The lowest BCUT2D eigenvalue weighted by Crippen LogP contribution is -2.43. The molecule has 0 spiro atoms. The number of urea groups is 1. The minimum atomic E-state index is -0.198. The van der Waals surface area contributed by atoms with E-state index in [9.17, 15) is 4.79 Å². The van der Waals surface area contributed by atoms with Crippen molar-refractivity contribution in [3.05, 3.63) is 65.5 Å². The number of piperidine rings is 1. The molecular weight excluding hydrogens is 392 g/mol. The van der Waals surface area contributed by atoms with Crippen LogP contribution in [0.1, 0.15) is 48.0 Å². The number of amides is 2. The topological polar surface area (TPSA) is 88.2 Å². The Labute approximate surface area is 182 Å². The number of hydrogen-bond acceptors (Lipinski definition) is 5. The maximum atomic E-state index is 12.4. The second kappa shape index (κ2) is 9.78. The number of hydrogen-bond donors (Lipinski definition) is 2. The molecule has 3 aromatic heterocycles. The van der Waals surface area contributed by atoms with Crippen LogP contribution >= 0.6 is 0 Å². The van der Waals surface area contributed by atoms with Gasteiger partial charge in [-0.15, -0.1) is 0 Å². The first-order chi connectivity index (χ1) is 15.1. The maximum absolute atomic E-state index is 12.4. The van der Waals surface area contributed by atoms with E-state index in [-0.39, 0.29) is 12.1 Å². The van der Waals surface area contributed by atoms with E-state index >= 15 is 0 Å². The summed E-state index contributed by atoms with van der Waals surface area (Å²) < 4.78 is 7.45. The van der Waals surface area contributed by atoms with Gasteiger partial charge in [-0.1, -0.05) is 12.5 Å². The third-order valence-electron chi connectivity index (χ3n) is 5.65. The summed E-state index contributed by atoms with van der Waals surface area (Å²) in [5, 5.41) is 10.4. The van der Waals surface area contributed by atoms with Crippen molar-refractivity contribution in [2.24, 2.45) is 0 Å². The van der Waals surface area contributed by atoms with Gasteiger partial charge in [-0.3, -0.25) is 4.90 Å².